The van der Waals surface area contributed by atoms with Gasteiger partial charge in [-0.3, -0.25) is 0 Å². The van der Waals surface area contributed by atoms with Gasteiger partial charge in [-0.05, 0) is 73.3 Å². The zero-order valence-corrected chi connectivity index (χ0v) is 19.0. The summed E-state index contributed by atoms with van der Waals surface area (Å²) in [6, 6.07) is 0. The fraction of sp³-hybridized carbons (Fsp3) is 0.778. The second kappa shape index (κ2) is 6.11. The molecule has 1 aliphatic heterocycles. The smallest absolute Gasteiger partial charge is 0.172 e. The fourth-order valence-electron chi connectivity index (χ4n) is 8.27. The summed E-state index contributed by atoms with van der Waals surface area (Å²) in [7, 11) is 0. The molecule has 0 radical (unpaired) electrons. The highest BCUT2D eigenvalue weighted by atomic mass is 16.7. The lowest BCUT2D eigenvalue weighted by Gasteiger charge is -2.53. The number of fused-ring (bicyclic) bond motifs is 6. The summed E-state index contributed by atoms with van der Waals surface area (Å²) in [5, 5.41) is 11.7. The molecular weight excluding hydrogens is 372 g/mol. The standard InChI is InChI=1S/C27H38O3/c1-5-10-27(28)22-13-21(22)23-20-7-6-17-14-26(29-15-24(2,3)16-30-26)12-9-18(17)19(20)8-11-25(23,27)4/h5,8,20-23,28H,1,6-7,9-16H2,2-4H3/t20-,21-,22+,23-,25+,27+/m1/s1. The van der Waals surface area contributed by atoms with E-state index in [-0.39, 0.29) is 16.6 Å². The van der Waals surface area contributed by atoms with Crippen molar-refractivity contribution in [1.82, 2.24) is 0 Å². The maximum Gasteiger partial charge on any atom is 0.172 e. The Morgan fingerprint density at radius 2 is 1.97 bits per heavy atom. The summed E-state index contributed by atoms with van der Waals surface area (Å²) < 4.78 is 12.7. The van der Waals surface area contributed by atoms with Crippen LogP contribution in [0.1, 0.15) is 72.1 Å². The van der Waals surface area contributed by atoms with Crippen molar-refractivity contribution in [3.05, 3.63) is 35.5 Å². The van der Waals surface area contributed by atoms with Gasteiger partial charge in [-0.2, -0.15) is 0 Å². The monoisotopic (exact) mass is 410 g/mol. The van der Waals surface area contributed by atoms with E-state index in [1.54, 1.807) is 16.7 Å². The SMILES string of the molecule is C=CC[C@]1(O)[C@H]2C[C@H]2[C@H]2[C@@H]3CCC4=C(CCC5(C4)OCC(C)(C)CO5)C3=CC[C@@]21C. The van der Waals surface area contributed by atoms with Crippen molar-refractivity contribution in [3.63, 3.8) is 0 Å². The number of allylic oxidation sites excluding steroid dienone is 3. The summed E-state index contributed by atoms with van der Waals surface area (Å²) in [5.74, 6) is 2.12. The van der Waals surface area contributed by atoms with Gasteiger partial charge >= 0.3 is 0 Å². The molecule has 0 aromatic heterocycles. The molecule has 2 saturated carbocycles. The number of hydrogen-bond acceptors (Lipinski definition) is 3. The molecule has 0 unspecified atom stereocenters. The van der Waals surface area contributed by atoms with Crippen LogP contribution >= 0.6 is 0 Å². The van der Waals surface area contributed by atoms with E-state index in [1.165, 1.54) is 19.3 Å². The molecule has 1 heterocycles. The summed E-state index contributed by atoms with van der Waals surface area (Å²) in [4.78, 5) is 0. The van der Waals surface area contributed by atoms with Crippen LogP contribution in [-0.4, -0.2) is 29.7 Å². The zero-order valence-electron chi connectivity index (χ0n) is 19.0. The molecule has 6 aliphatic rings. The minimum atomic E-state index is -0.548. The van der Waals surface area contributed by atoms with E-state index in [9.17, 15) is 5.11 Å². The molecule has 3 nitrogen and oxygen atoms in total. The van der Waals surface area contributed by atoms with E-state index in [2.05, 4.69) is 33.4 Å². The summed E-state index contributed by atoms with van der Waals surface area (Å²) in [6.07, 6.45) is 12.9. The Balaban J connectivity index is 1.30. The van der Waals surface area contributed by atoms with Gasteiger partial charge in [0.2, 0.25) is 0 Å². The van der Waals surface area contributed by atoms with E-state index in [1.807, 2.05) is 6.08 Å². The van der Waals surface area contributed by atoms with Crippen molar-refractivity contribution < 1.29 is 14.6 Å². The molecule has 6 atom stereocenters. The first-order valence-corrected chi connectivity index (χ1v) is 12.2. The van der Waals surface area contributed by atoms with Crippen molar-refractivity contribution in [2.45, 2.75) is 83.5 Å². The van der Waals surface area contributed by atoms with Crippen molar-refractivity contribution >= 4 is 0 Å². The number of ether oxygens (including phenoxy) is 2. The van der Waals surface area contributed by atoms with Crippen molar-refractivity contribution in [2.24, 2.45) is 34.5 Å². The first-order chi connectivity index (χ1) is 14.2. The summed E-state index contributed by atoms with van der Waals surface area (Å²) in [6.45, 7) is 12.4. The quantitative estimate of drug-likeness (QED) is 0.606. The molecular formula is C27H38O3. The largest absolute Gasteiger partial charge is 0.389 e. The van der Waals surface area contributed by atoms with Crippen LogP contribution < -0.4 is 0 Å². The van der Waals surface area contributed by atoms with Crippen molar-refractivity contribution in [2.75, 3.05) is 13.2 Å². The Hall–Kier alpha value is -0.900. The van der Waals surface area contributed by atoms with Crippen LogP contribution in [0.2, 0.25) is 0 Å². The lowest BCUT2D eigenvalue weighted by Crippen LogP contribution is -2.52. The maximum absolute atomic E-state index is 11.7. The fourth-order valence-corrected chi connectivity index (χ4v) is 8.27. The molecule has 1 saturated heterocycles. The van der Waals surface area contributed by atoms with Crippen molar-refractivity contribution in [1.29, 1.82) is 0 Å². The highest BCUT2D eigenvalue weighted by molar-refractivity contribution is 5.46. The van der Waals surface area contributed by atoms with E-state index in [4.69, 9.17) is 9.47 Å². The van der Waals surface area contributed by atoms with Crippen LogP contribution in [0.3, 0.4) is 0 Å². The number of rotatable bonds is 2. The van der Waals surface area contributed by atoms with Crippen LogP contribution in [0, 0.1) is 34.5 Å². The molecule has 0 amide bonds. The second-order valence-corrected chi connectivity index (χ2v) is 12.3. The first-order valence-electron chi connectivity index (χ1n) is 12.2. The molecule has 164 valence electrons. The lowest BCUT2D eigenvalue weighted by molar-refractivity contribution is -0.302. The van der Waals surface area contributed by atoms with Crippen LogP contribution in [0.5, 0.6) is 0 Å². The minimum Gasteiger partial charge on any atom is -0.389 e. The van der Waals surface area contributed by atoms with Gasteiger partial charge in [0.15, 0.2) is 5.79 Å². The van der Waals surface area contributed by atoms with Gasteiger partial charge in [-0.25, -0.2) is 0 Å². The van der Waals surface area contributed by atoms with Gasteiger partial charge in [0.05, 0.1) is 18.8 Å². The Bertz CT molecular complexity index is 840. The predicted molar refractivity (Wildman–Crippen MR) is 118 cm³/mol. The highest BCUT2D eigenvalue weighted by Gasteiger charge is 2.74. The number of aliphatic hydroxyl groups is 1. The van der Waals surface area contributed by atoms with Gasteiger partial charge in [0.1, 0.15) is 0 Å². The molecule has 0 aromatic carbocycles. The normalized spacial score (nSPS) is 47.7. The topological polar surface area (TPSA) is 38.7 Å². The summed E-state index contributed by atoms with van der Waals surface area (Å²) >= 11 is 0. The molecule has 0 aromatic rings. The average Bonchev–Trinajstić information content (AvgIpc) is 3.47. The zero-order chi connectivity index (χ0) is 20.9. The Kier molecular flexibility index (Phi) is 4.03. The predicted octanol–water partition coefficient (Wildman–Crippen LogP) is 5.56. The molecule has 0 bridgehead atoms. The van der Waals surface area contributed by atoms with E-state index in [0.29, 0.717) is 17.8 Å². The first kappa shape index (κ1) is 19.8. The maximum atomic E-state index is 11.7. The Morgan fingerprint density at radius 3 is 2.70 bits per heavy atom. The third kappa shape index (κ3) is 2.49. The Morgan fingerprint density at radius 1 is 1.20 bits per heavy atom. The third-order valence-electron chi connectivity index (χ3n) is 9.90. The number of hydrogen-bond donors (Lipinski definition) is 1. The molecule has 1 N–H and O–H groups in total. The van der Waals surface area contributed by atoms with Crippen LogP contribution in [0.4, 0.5) is 0 Å². The van der Waals surface area contributed by atoms with E-state index in [0.717, 1.165) is 51.2 Å². The van der Waals surface area contributed by atoms with Gasteiger partial charge < -0.3 is 14.6 Å². The van der Waals surface area contributed by atoms with Gasteiger partial charge in [-0.15, -0.1) is 6.58 Å². The lowest BCUT2D eigenvalue weighted by atomic mass is 9.53. The molecule has 5 aliphatic carbocycles. The van der Waals surface area contributed by atoms with Gasteiger partial charge in [-0.1, -0.05) is 38.5 Å². The van der Waals surface area contributed by atoms with Crippen molar-refractivity contribution in [3.8, 4) is 0 Å². The van der Waals surface area contributed by atoms with Crippen LogP contribution in [-0.2, 0) is 9.47 Å². The summed E-state index contributed by atoms with van der Waals surface area (Å²) in [5.41, 5.74) is 4.45. The third-order valence-corrected chi connectivity index (χ3v) is 9.90. The second-order valence-electron chi connectivity index (χ2n) is 12.3. The molecule has 30 heavy (non-hydrogen) atoms. The molecule has 3 heteroatoms. The molecule has 6 rings (SSSR count). The van der Waals surface area contributed by atoms with Gasteiger partial charge in [0, 0.05) is 23.7 Å². The minimum absolute atomic E-state index is 0.0120. The van der Waals surface area contributed by atoms with Crippen LogP contribution in [0.25, 0.3) is 0 Å². The van der Waals surface area contributed by atoms with Crippen LogP contribution in [0.15, 0.2) is 35.5 Å². The average molecular weight is 411 g/mol. The molecule has 3 fully saturated rings. The van der Waals surface area contributed by atoms with E-state index >= 15 is 0 Å². The molecule has 1 spiro atoms. The van der Waals surface area contributed by atoms with E-state index < -0.39 is 5.60 Å². The van der Waals surface area contributed by atoms with Gasteiger partial charge in [0.25, 0.3) is 0 Å². The Labute approximate surface area is 181 Å². The highest BCUT2D eigenvalue weighted by Crippen LogP contribution is 2.75.